The van der Waals surface area contributed by atoms with Gasteiger partial charge in [0.1, 0.15) is 18.0 Å². The van der Waals surface area contributed by atoms with Crippen molar-refractivity contribution in [3.63, 3.8) is 0 Å². The number of rotatable bonds is 4. The highest BCUT2D eigenvalue weighted by Crippen LogP contribution is 2.21. The molecule has 1 atom stereocenters. The molecule has 1 unspecified atom stereocenters. The Morgan fingerprint density at radius 2 is 1.96 bits per heavy atom. The van der Waals surface area contributed by atoms with E-state index < -0.39 is 0 Å². The minimum atomic E-state index is 0.0724. The van der Waals surface area contributed by atoms with Crippen molar-refractivity contribution < 1.29 is 0 Å². The van der Waals surface area contributed by atoms with Crippen LogP contribution in [-0.4, -0.2) is 29.5 Å². The first-order chi connectivity index (χ1) is 10.9. The Morgan fingerprint density at radius 3 is 2.57 bits per heavy atom. The molecule has 0 bridgehead atoms. The molecule has 8 heteroatoms. The highest BCUT2D eigenvalue weighted by atomic mass is 15.3. The van der Waals surface area contributed by atoms with Crippen LogP contribution in [0.5, 0.6) is 0 Å². The van der Waals surface area contributed by atoms with Crippen LogP contribution in [0.2, 0.25) is 0 Å². The molecule has 0 aliphatic carbocycles. The second kappa shape index (κ2) is 5.71. The molecular formula is C15H20N8. The maximum absolute atomic E-state index is 5.95. The Bertz CT molecular complexity index is 832. The van der Waals surface area contributed by atoms with Crippen LogP contribution in [0.3, 0.4) is 0 Å². The molecule has 120 valence electrons. The number of nitrogens with one attached hydrogen (secondary N) is 1. The minimum Gasteiger partial charge on any atom is -0.384 e. The van der Waals surface area contributed by atoms with Crippen molar-refractivity contribution in [1.82, 2.24) is 29.5 Å². The summed E-state index contributed by atoms with van der Waals surface area (Å²) in [6.07, 6.45) is 3.50. The molecule has 0 aliphatic rings. The first kappa shape index (κ1) is 15.0. The van der Waals surface area contributed by atoms with Gasteiger partial charge >= 0.3 is 0 Å². The third-order valence-electron chi connectivity index (χ3n) is 3.61. The standard InChI is InChI=1S/C15H20N8/c1-9-5-13(16)23(20-9)15-6-14(17-8-18-15)19-10(2)12-7-22(4)21-11(12)3/h5-8,10H,16H2,1-4H3,(H,17,18,19). The zero-order valence-corrected chi connectivity index (χ0v) is 13.6. The zero-order chi connectivity index (χ0) is 16.6. The lowest BCUT2D eigenvalue weighted by molar-refractivity contribution is 0.756. The summed E-state index contributed by atoms with van der Waals surface area (Å²) in [6, 6.07) is 3.70. The molecule has 23 heavy (non-hydrogen) atoms. The maximum atomic E-state index is 5.95. The van der Waals surface area contributed by atoms with Gasteiger partial charge in [-0.25, -0.2) is 9.97 Å². The number of nitrogen functional groups attached to an aromatic ring is 1. The summed E-state index contributed by atoms with van der Waals surface area (Å²) in [5.74, 6) is 1.88. The van der Waals surface area contributed by atoms with E-state index in [-0.39, 0.29) is 6.04 Å². The van der Waals surface area contributed by atoms with Gasteiger partial charge in [0, 0.05) is 30.9 Å². The highest BCUT2D eigenvalue weighted by Gasteiger charge is 2.13. The molecule has 0 amide bonds. The van der Waals surface area contributed by atoms with Gasteiger partial charge in [-0.1, -0.05) is 0 Å². The Kier molecular flexibility index (Phi) is 3.73. The van der Waals surface area contributed by atoms with E-state index >= 15 is 0 Å². The van der Waals surface area contributed by atoms with Crippen LogP contribution in [0, 0.1) is 13.8 Å². The second-order valence-corrected chi connectivity index (χ2v) is 5.59. The van der Waals surface area contributed by atoms with Crippen molar-refractivity contribution in [2.24, 2.45) is 7.05 Å². The van der Waals surface area contributed by atoms with Crippen molar-refractivity contribution >= 4 is 11.6 Å². The molecule has 3 rings (SSSR count). The van der Waals surface area contributed by atoms with E-state index in [1.165, 1.54) is 6.33 Å². The molecule has 3 aromatic heterocycles. The largest absolute Gasteiger partial charge is 0.384 e. The Morgan fingerprint density at radius 1 is 1.17 bits per heavy atom. The lowest BCUT2D eigenvalue weighted by Crippen LogP contribution is -2.10. The SMILES string of the molecule is Cc1cc(N)n(-c2cc(NC(C)c3cn(C)nc3C)ncn2)n1. The third kappa shape index (κ3) is 3.01. The van der Waals surface area contributed by atoms with E-state index in [1.54, 1.807) is 10.7 Å². The fraction of sp³-hybridized carbons (Fsp3) is 0.333. The molecule has 8 nitrogen and oxygen atoms in total. The molecule has 3 heterocycles. The van der Waals surface area contributed by atoms with Gasteiger partial charge in [-0.3, -0.25) is 4.68 Å². The monoisotopic (exact) mass is 312 g/mol. The van der Waals surface area contributed by atoms with Crippen LogP contribution >= 0.6 is 0 Å². The normalized spacial score (nSPS) is 12.3. The predicted octanol–water partition coefficient (Wildman–Crippen LogP) is 1.77. The molecule has 0 saturated heterocycles. The topological polar surface area (TPSA) is 99.5 Å². The van der Waals surface area contributed by atoms with E-state index in [0.29, 0.717) is 17.5 Å². The second-order valence-electron chi connectivity index (χ2n) is 5.59. The summed E-state index contributed by atoms with van der Waals surface area (Å²) in [6.45, 7) is 5.95. The summed E-state index contributed by atoms with van der Waals surface area (Å²) in [4.78, 5) is 8.51. The minimum absolute atomic E-state index is 0.0724. The maximum Gasteiger partial charge on any atom is 0.161 e. The Balaban J connectivity index is 1.85. The number of aryl methyl sites for hydroxylation is 3. The Hall–Kier alpha value is -2.90. The number of hydrogen-bond acceptors (Lipinski definition) is 6. The molecule has 3 aromatic rings. The summed E-state index contributed by atoms with van der Waals surface area (Å²) < 4.78 is 3.41. The van der Waals surface area contributed by atoms with Crippen molar-refractivity contribution in [2.75, 3.05) is 11.1 Å². The summed E-state index contributed by atoms with van der Waals surface area (Å²) in [5, 5.41) is 12.1. The molecule has 0 aromatic carbocycles. The van der Waals surface area contributed by atoms with Crippen LogP contribution in [0.15, 0.2) is 24.7 Å². The van der Waals surface area contributed by atoms with Gasteiger partial charge in [0.15, 0.2) is 5.82 Å². The van der Waals surface area contributed by atoms with Crippen LogP contribution in [0.1, 0.15) is 29.9 Å². The van der Waals surface area contributed by atoms with E-state index in [4.69, 9.17) is 5.73 Å². The molecule has 0 aliphatic heterocycles. The number of aromatic nitrogens is 6. The van der Waals surface area contributed by atoms with Crippen molar-refractivity contribution in [3.05, 3.63) is 41.6 Å². The van der Waals surface area contributed by atoms with Crippen molar-refractivity contribution in [1.29, 1.82) is 0 Å². The molecule has 0 saturated carbocycles. The molecule has 3 N–H and O–H groups in total. The number of hydrogen-bond donors (Lipinski definition) is 2. The average Bonchev–Trinajstić information content (AvgIpc) is 3.00. The quantitative estimate of drug-likeness (QED) is 0.761. The van der Waals surface area contributed by atoms with Gasteiger partial charge in [0.2, 0.25) is 0 Å². The summed E-state index contributed by atoms with van der Waals surface area (Å²) in [5.41, 5.74) is 8.91. The number of anilines is 2. The van der Waals surface area contributed by atoms with Gasteiger partial charge in [-0.15, -0.1) is 0 Å². The smallest absolute Gasteiger partial charge is 0.161 e. The van der Waals surface area contributed by atoms with Gasteiger partial charge in [0.25, 0.3) is 0 Å². The summed E-state index contributed by atoms with van der Waals surface area (Å²) >= 11 is 0. The lowest BCUT2D eigenvalue weighted by atomic mass is 10.1. The van der Waals surface area contributed by atoms with Crippen LogP contribution in [0.25, 0.3) is 5.82 Å². The Labute approximate surface area is 134 Å². The van der Waals surface area contributed by atoms with Crippen molar-refractivity contribution in [2.45, 2.75) is 26.8 Å². The van der Waals surface area contributed by atoms with Gasteiger partial charge in [0.05, 0.1) is 17.4 Å². The first-order valence-electron chi connectivity index (χ1n) is 7.35. The average molecular weight is 312 g/mol. The van der Waals surface area contributed by atoms with Crippen LogP contribution < -0.4 is 11.1 Å². The molecular weight excluding hydrogens is 292 g/mol. The fourth-order valence-corrected chi connectivity index (χ4v) is 2.59. The van der Waals surface area contributed by atoms with E-state index in [9.17, 15) is 0 Å². The van der Waals surface area contributed by atoms with Gasteiger partial charge in [-0.2, -0.15) is 14.9 Å². The highest BCUT2D eigenvalue weighted by molar-refractivity contribution is 5.46. The third-order valence-corrected chi connectivity index (χ3v) is 3.61. The van der Waals surface area contributed by atoms with Gasteiger partial charge < -0.3 is 11.1 Å². The van der Waals surface area contributed by atoms with Crippen molar-refractivity contribution in [3.8, 4) is 5.82 Å². The van der Waals surface area contributed by atoms with Crippen LogP contribution in [-0.2, 0) is 7.05 Å². The molecule has 0 spiro atoms. The zero-order valence-electron chi connectivity index (χ0n) is 13.6. The molecule has 0 radical (unpaired) electrons. The van der Waals surface area contributed by atoms with Gasteiger partial charge in [-0.05, 0) is 20.8 Å². The number of nitrogens with two attached hydrogens (primary N) is 1. The number of nitrogens with zero attached hydrogens (tertiary/aromatic N) is 6. The first-order valence-corrected chi connectivity index (χ1v) is 7.35. The van der Waals surface area contributed by atoms with E-state index in [1.807, 2.05) is 37.8 Å². The van der Waals surface area contributed by atoms with E-state index in [0.717, 1.165) is 17.0 Å². The molecule has 0 fully saturated rings. The fourth-order valence-electron chi connectivity index (χ4n) is 2.59. The van der Waals surface area contributed by atoms with Crippen LogP contribution in [0.4, 0.5) is 11.6 Å². The predicted molar refractivity (Wildman–Crippen MR) is 88.3 cm³/mol. The summed E-state index contributed by atoms with van der Waals surface area (Å²) in [7, 11) is 1.91. The van der Waals surface area contributed by atoms with E-state index in [2.05, 4.69) is 32.4 Å². The lowest BCUT2D eigenvalue weighted by Gasteiger charge is -2.14.